The highest BCUT2D eigenvalue weighted by molar-refractivity contribution is 6.31. The van der Waals surface area contributed by atoms with Crippen molar-refractivity contribution < 1.29 is 28.7 Å². The van der Waals surface area contributed by atoms with Gasteiger partial charge in [0.1, 0.15) is 17.5 Å². The maximum absolute atomic E-state index is 12.8. The van der Waals surface area contributed by atoms with Gasteiger partial charge < -0.3 is 19.1 Å². The summed E-state index contributed by atoms with van der Waals surface area (Å²) in [5.41, 5.74) is 2.82. The standard InChI is InChI=1S/C28H29ClN2O6/c1-17-24(30-26(34)36-18(2)21-5-3-4-6-22(21)29)25(37-31-17)27-11-13-28(14-12-27,35-16-27)20-9-7-19(8-10-20)15-23(32)33/h3-10,18H,11-16H2,1-2H3,(H,30,34)(H,32,33)/t18-,27?,28?/m1/s1. The van der Waals surface area contributed by atoms with Crippen LogP contribution in [0, 0.1) is 6.92 Å². The van der Waals surface area contributed by atoms with Gasteiger partial charge in [-0.05, 0) is 56.7 Å². The Kier molecular flexibility index (Phi) is 6.72. The smallest absolute Gasteiger partial charge is 0.412 e. The van der Waals surface area contributed by atoms with Crippen molar-refractivity contribution in [3.8, 4) is 0 Å². The fraction of sp³-hybridized carbons (Fsp3) is 0.393. The van der Waals surface area contributed by atoms with Gasteiger partial charge in [-0.3, -0.25) is 10.1 Å². The number of ether oxygens (including phenoxy) is 2. The molecule has 0 spiro atoms. The van der Waals surface area contributed by atoms with E-state index in [1.165, 1.54) is 0 Å². The molecule has 0 unspecified atom stereocenters. The Labute approximate surface area is 219 Å². The third-order valence-electron chi connectivity index (χ3n) is 7.67. The topological polar surface area (TPSA) is 111 Å². The number of carbonyl (C=O) groups is 2. The maximum atomic E-state index is 12.8. The molecule has 2 aromatic carbocycles. The van der Waals surface area contributed by atoms with Crippen LogP contribution >= 0.6 is 11.6 Å². The number of hydrogen-bond donors (Lipinski definition) is 2. The number of carboxylic acids is 1. The SMILES string of the molecule is Cc1noc(C23CCC(c4ccc(CC(=O)O)cc4)(CC2)OC3)c1NC(=O)O[C@H](C)c1ccccc1Cl. The van der Waals surface area contributed by atoms with Crippen molar-refractivity contribution >= 4 is 29.4 Å². The number of amides is 1. The Morgan fingerprint density at radius 1 is 1.14 bits per heavy atom. The molecule has 3 fully saturated rings. The summed E-state index contributed by atoms with van der Waals surface area (Å²) in [6.07, 6.45) is 2.01. The first-order valence-electron chi connectivity index (χ1n) is 12.4. The van der Waals surface area contributed by atoms with E-state index in [-0.39, 0.29) is 6.42 Å². The molecule has 0 radical (unpaired) electrons. The van der Waals surface area contributed by atoms with E-state index in [1.54, 1.807) is 19.9 Å². The van der Waals surface area contributed by atoms with Crippen molar-refractivity contribution in [3.05, 3.63) is 81.7 Å². The average molecular weight is 525 g/mol. The van der Waals surface area contributed by atoms with Gasteiger partial charge in [0.05, 0.1) is 24.0 Å². The van der Waals surface area contributed by atoms with E-state index in [0.717, 1.165) is 42.4 Å². The van der Waals surface area contributed by atoms with Gasteiger partial charge in [-0.2, -0.15) is 0 Å². The quantitative estimate of drug-likeness (QED) is 0.372. The van der Waals surface area contributed by atoms with E-state index in [1.807, 2.05) is 42.5 Å². The maximum Gasteiger partial charge on any atom is 0.412 e. The lowest BCUT2D eigenvalue weighted by atomic mass is 9.63. The molecule has 6 rings (SSSR count). The highest BCUT2D eigenvalue weighted by atomic mass is 35.5. The third kappa shape index (κ3) is 4.83. The Morgan fingerprint density at radius 3 is 2.46 bits per heavy atom. The number of carbonyl (C=O) groups excluding carboxylic acids is 1. The van der Waals surface area contributed by atoms with Crippen LogP contribution in [-0.4, -0.2) is 28.9 Å². The van der Waals surface area contributed by atoms with Crippen LogP contribution in [0.4, 0.5) is 10.5 Å². The first kappa shape index (κ1) is 25.3. The van der Waals surface area contributed by atoms with Gasteiger partial charge >= 0.3 is 12.1 Å². The van der Waals surface area contributed by atoms with E-state index < -0.39 is 29.2 Å². The first-order chi connectivity index (χ1) is 17.7. The molecule has 8 nitrogen and oxygen atoms in total. The molecule has 1 aromatic heterocycles. The van der Waals surface area contributed by atoms with E-state index in [9.17, 15) is 9.59 Å². The minimum atomic E-state index is -0.851. The number of carboxylic acid groups (broad SMARTS) is 1. The number of halogens is 1. The predicted octanol–water partition coefficient (Wildman–Crippen LogP) is 6.31. The van der Waals surface area contributed by atoms with Gasteiger partial charge in [0.2, 0.25) is 0 Å². The van der Waals surface area contributed by atoms with Gasteiger partial charge in [0.25, 0.3) is 0 Å². The van der Waals surface area contributed by atoms with Crippen molar-refractivity contribution in [2.45, 2.75) is 63.1 Å². The molecule has 1 saturated carbocycles. The molecule has 194 valence electrons. The molecule has 37 heavy (non-hydrogen) atoms. The molecule has 1 aliphatic carbocycles. The third-order valence-corrected chi connectivity index (χ3v) is 8.02. The zero-order valence-corrected chi connectivity index (χ0v) is 21.5. The summed E-state index contributed by atoms with van der Waals surface area (Å²) < 4.78 is 17.8. The van der Waals surface area contributed by atoms with Crippen LogP contribution in [0.1, 0.15) is 66.9 Å². The minimum Gasteiger partial charge on any atom is -0.481 e. The Bertz CT molecular complexity index is 1290. The van der Waals surface area contributed by atoms with Crippen LogP contribution in [0.15, 0.2) is 53.1 Å². The number of aromatic nitrogens is 1. The monoisotopic (exact) mass is 524 g/mol. The number of hydrogen-bond acceptors (Lipinski definition) is 6. The van der Waals surface area contributed by atoms with Crippen molar-refractivity contribution in [2.75, 3.05) is 11.9 Å². The van der Waals surface area contributed by atoms with Gasteiger partial charge in [0.15, 0.2) is 5.76 Å². The lowest BCUT2D eigenvalue weighted by molar-refractivity contribution is -0.167. The normalized spacial score (nSPS) is 23.4. The number of anilines is 1. The summed E-state index contributed by atoms with van der Waals surface area (Å²) in [6, 6.07) is 14.9. The van der Waals surface area contributed by atoms with Crippen molar-refractivity contribution in [3.63, 3.8) is 0 Å². The molecule has 2 bridgehead atoms. The summed E-state index contributed by atoms with van der Waals surface area (Å²) in [7, 11) is 0. The number of fused-ring (bicyclic) bond motifs is 3. The van der Waals surface area contributed by atoms with Crippen LogP contribution in [0.5, 0.6) is 0 Å². The molecule has 1 amide bonds. The zero-order chi connectivity index (χ0) is 26.2. The molecule has 2 aliphatic heterocycles. The number of benzene rings is 2. The Balaban J connectivity index is 1.29. The highest BCUT2D eigenvalue weighted by Crippen LogP contribution is 2.56. The molecular weight excluding hydrogens is 496 g/mol. The Hall–Kier alpha value is -3.36. The van der Waals surface area contributed by atoms with Gasteiger partial charge in [-0.1, -0.05) is 59.2 Å². The van der Waals surface area contributed by atoms with Gasteiger partial charge in [-0.25, -0.2) is 4.79 Å². The Morgan fingerprint density at radius 2 is 1.84 bits per heavy atom. The fourth-order valence-corrected chi connectivity index (χ4v) is 5.79. The molecule has 9 heteroatoms. The summed E-state index contributed by atoms with van der Waals surface area (Å²) in [5.74, 6) is -0.242. The largest absolute Gasteiger partial charge is 0.481 e. The number of aliphatic carboxylic acids is 1. The molecule has 2 N–H and O–H groups in total. The van der Waals surface area contributed by atoms with E-state index in [2.05, 4.69) is 10.5 Å². The molecule has 3 aromatic rings. The molecular formula is C28H29ClN2O6. The second-order valence-corrected chi connectivity index (χ2v) is 10.4. The van der Waals surface area contributed by atoms with E-state index in [0.29, 0.717) is 28.8 Å². The second kappa shape index (κ2) is 9.84. The van der Waals surface area contributed by atoms with E-state index >= 15 is 0 Å². The van der Waals surface area contributed by atoms with Crippen molar-refractivity contribution in [2.24, 2.45) is 0 Å². The molecule has 2 saturated heterocycles. The summed E-state index contributed by atoms with van der Waals surface area (Å²) in [4.78, 5) is 23.8. The summed E-state index contributed by atoms with van der Waals surface area (Å²) in [5, 5.41) is 16.6. The fourth-order valence-electron chi connectivity index (χ4n) is 5.50. The van der Waals surface area contributed by atoms with Crippen molar-refractivity contribution in [1.29, 1.82) is 0 Å². The lowest BCUT2D eigenvalue weighted by Gasteiger charge is -2.52. The highest BCUT2D eigenvalue weighted by Gasteiger charge is 2.54. The number of rotatable bonds is 7. The van der Waals surface area contributed by atoms with Gasteiger partial charge in [0, 0.05) is 10.6 Å². The van der Waals surface area contributed by atoms with Crippen LogP contribution in [-0.2, 0) is 31.7 Å². The second-order valence-electron chi connectivity index (χ2n) is 10.00. The van der Waals surface area contributed by atoms with E-state index in [4.69, 9.17) is 30.7 Å². The number of aryl methyl sites for hydroxylation is 1. The van der Waals surface area contributed by atoms with Crippen LogP contribution < -0.4 is 5.32 Å². The van der Waals surface area contributed by atoms with Crippen LogP contribution in [0.3, 0.4) is 0 Å². The summed E-state index contributed by atoms with van der Waals surface area (Å²) >= 11 is 6.25. The lowest BCUT2D eigenvalue weighted by Crippen LogP contribution is -2.51. The van der Waals surface area contributed by atoms with Crippen LogP contribution in [0.2, 0.25) is 5.02 Å². The summed E-state index contributed by atoms with van der Waals surface area (Å²) in [6.45, 7) is 3.98. The average Bonchev–Trinajstić information content (AvgIpc) is 3.25. The number of nitrogens with zero attached hydrogens (tertiary/aromatic N) is 1. The predicted molar refractivity (Wildman–Crippen MR) is 137 cm³/mol. The van der Waals surface area contributed by atoms with Crippen LogP contribution in [0.25, 0.3) is 0 Å². The molecule has 1 atom stereocenters. The molecule has 3 heterocycles. The van der Waals surface area contributed by atoms with Crippen molar-refractivity contribution in [1.82, 2.24) is 5.16 Å². The minimum absolute atomic E-state index is 0.00251. The molecule has 3 aliphatic rings. The van der Waals surface area contributed by atoms with Gasteiger partial charge in [-0.15, -0.1) is 0 Å². The first-order valence-corrected chi connectivity index (χ1v) is 12.7. The zero-order valence-electron chi connectivity index (χ0n) is 20.8. The number of nitrogens with one attached hydrogen (secondary N) is 1.